The summed E-state index contributed by atoms with van der Waals surface area (Å²) in [4.78, 5) is 23.9. The van der Waals surface area contributed by atoms with E-state index < -0.39 is 5.97 Å². The average molecular weight is 294 g/mol. The van der Waals surface area contributed by atoms with E-state index in [-0.39, 0.29) is 11.3 Å². The van der Waals surface area contributed by atoms with Crippen LogP contribution in [0.5, 0.6) is 0 Å². The Morgan fingerprint density at radius 2 is 1.82 bits per heavy atom. The van der Waals surface area contributed by atoms with Gasteiger partial charge in [0.2, 0.25) is 5.78 Å². The largest absolute Gasteiger partial charge is 0.478 e. The molecule has 0 radical (unpaired) electrons. The van der Waals surface area contributed by atoms with E-state index in [9.17, 15) is 9.59 Å². The number of benzene rings is 1. The molecule has 3 N–H and O–H groups in total. The lowest BCUT2D eigenvalue weighted by atomic mass is 10.0. The number of pyridine rings is 1. The van der Waals surface area contributed by atoms with Crippen LogP contribution in [0.25, 0.3) is 5.52 Å². The molecule has 5 nitrogen and oxygen atoms in total. The molecule has 0 fully saturated rings. The SMILES string of the molecule is Cc1c(N)c2ccccn2c1C(=O)c1cccc(C(=O)O)c1. The monoisotopic (exact) mass is 294 g/mol. The van der Waals surface area contributed by atoms with Crippen LogP contribution in [-0.4, -0.2) is 21.3 Å². The maximum absolute atomic E-state index is 12.8. The predicted molar refractivity (Wildman–Crippen MR) is 83.4 cm³/mol. The van der Waals surface area contributed by atoms with Crippen molar-refractivity contribution in [1.29, 1.82) is 0 Å². The van der Waals surface area contributed by atoms with E-state index in [1.807, 2.05) is 18.2 Å². The second-order valence-electron chi connectivity index (χ2n) is 5.06. The van der Waals surface area contributed by atoms with Gasteiger partial charge in [-0.25, -0.2) is 4.79 Å². The molecule has 0 bridgehead atoms. The van der Waals surface area contributed by atoms with Crippen LogP contribution in [0, 0.1) is 6.92 Å². The summed E-state index contributed by atoms with van der Waals surface area (Å²) in [6.07, 6.45) is 1.77. The number of carbonyl (C=O) groups is 2. The van der Waals surface area contributed by atoms with Gasteiger partial charge in [0.25, 0.3) is 0 Å². The first kappa shape index (κ1) is 13.9. The summed E-state index contributed by atoms with van der Waals surface area (Å²) in [5.74, 6) is -1.32. The minimum absolute atomic E-state index is 0.0809. The van der Waals surface area contributed by atoms with Gasteiger partial charge in [-0.1, -0.05) is 18.2 Å². The molecule has 0 aliphatic heterocycles. The standard InChI is InChI=1S/C17H14N2O3/c1-10-14(18)13-7-2-3-8-19(13)15(10)16(20)11-5-4-6-12(9-11)17(21)22/h2-9H,18H2,1H3,(H,21,22). The Kier molecular flexibility index (Phi) is 3.18. The fourth-order valence-electron chi connectivity index (χ4n) is 2.57. The molecule has 0 saturated heterocycles. The number of fused-ring (bicyclic) bond motifs is 1. The third-order valence-corrected chi connectivity index (χ3v) is 3.72. The molecule has 0 spiro atoms. The lowest BCUT2D eigenvalue weighted by Crippen LogP contribution is -2.08. The fraction of sp³-hybridized carbons (Fsp3) is 0.0588. The van der Waals surface area contributed by atoms with Crippen LogP contribution in [0.15, 0.2) is 48.7 Å². The predicted octanol–water partition coefficient (Wildman–Crippen LogP) is 2.76. The van der Waals surface area contributed by atoms with E-state index >= 15 is 0 Å². The molecule has 110 valence electrons. The maximum Gasteiger partial charge on any atom is 0.335 e. The van der Waals surface area contributed by atoms with Crippen LogP contribution in [-0.2, 0) is 0 Å². The number of nitrogens with zero attached hydrogens (tertiary/aromatic N) is 1. The van der Waals surface area contributed by atoms with Crippen molar-refractivity contribution in [3.8, 4) is 0 Å². The second kappa shape index (κ2) is 5.04. The Balaban J connectivity index is 2.20. The van der Waals surface area contributed by atoms with Gasteiger partial charge in [-0.2, -0.15) is 0 Å². The van der Waals surface area contributed by atoms with Crippen LogP contribution in [0.4, 0.5) is 5.69 Å². The number of hydrogen-bond acceptors (Lipinski definition) is 3. The molecule has 0 atom stereocenters. The van der Waals surface area contributed by atoms with E-state index in [0.29, 0.717) is 22.5 Å². The Bertz CT molecular complexity index is 909. The van der Waals surface area contributed by atoms with Crippen LogP contribution in [0.3, 0.4) is 0 Å². The molecule has 0 amide bonds. The lowest BCUT2D eigenvalue weighted by molar-refractivity contribution is 0.0697. The van der Waals surface area contributed by atoms with Gasteiger partial charge in [0.1, 0.15) is 0 Å². The molecular formula is C17H14N2O3. The number of hydrogen-bond donors (Lipinski definition) is 2. The van der Waals surface area contributed by atoms with Gasteiger partial charge in [-0.15, -0.1) is 0 Å². The second-order valence-corrected chi connectivity index (χ2v) is 5.06. The molecule has 22 heavy (non-hydrogen) atoms. The molecule has 1 aromatic carbocycles. The Labute approximate surface area is 126 Å². The summed E-state index contributed by atoms with van der Waals surface area (Å²) < 4.78 is 1.74. The number of carboxylic acid groups (broad SMARTS) is 1. The number of carboxylic acids is 1. The summed E-state index contributed by atoms with van der Waals surface area (Å²) in [5.41, 5.74) is 8.93. The van der Waals surface area contributed by atoms with Crippen molar-refractivity contribution < 1.29 is 14.7 Å². The number of anilines is 1. The van der Waals surface area contributed by atoms with Crippen molar-refractivity contribution in [2.24, 2.45) is 0 Å². The van der Waals surface area contributed by atoms with E-state index in [1.165, 1.54) is 12.1 Å². The molecule has 2 heterocycles. The quantitative estimate of drug-likeness (QED) is 0.727. The number of nitrogen functional groups attached to an aromatic ring is 1. The maximum atomic E-state index is 12.8. The third-order valence-electron chi connectivity index (χ3n) is 3.72. The average Bonchev–Trinajstić information content (AvgIpc) is 2.79. The van der Waals surface area contributed by atoms with Crippen molar-refractivity contribution in [2.75, 3.05) is 5.73 Å². The smallest absolute Gasteiger partial charge is 0.335 e. The van der Waals surface area contributed by atoms with Crippen LogP contribution >= 0.6 is 0 Å². The highest BCUT2D eigenvalue weighted by molar-refractivity contribution is 6.11. The lowest BCUT2D eigenvalue weighted by Gasteiger charge is -2.05. The van der Waals surface area contributed by atoms with Crippen molar-refractivity contribution in [2.45, 2.75) is 6.92 Å². The summed E-state index contributed by atoms with van der Waals surface area (Å²) >= 11 is 0. The van der Waals surface area contributed by atoms with Crippen LogP contribution in [0.2, 0.25) is 0 Å². The van der Waals surface area contributed by atoms with E-state index in [0.717, 1.165) is 5.52 Å². The third kappa shape index (κ3) is 2.03. The molecule has 3 rings (SSSR count). The van der Waals surface area contributed by atoms with Crippen molar-refractivity contribution in [1.82, 2.24) is 4.40 Å². The van der Waals surface area contributed by atoms with Gasteiger partial charge in [0.15, 0.2) is 0 Å². The molecular weight excluding hydrogens is 280 g/mol. The van der Waals surface area contributed by atoms with Gasteiger partial charge in [0, 0.05) is 17.3 Å². The number of carbonyl (C=O) groups excluding carboxylic acids is 1. The Morgan fingerprint density at radius 1 is 1.09 bits per heavy atom. The van der Waals surface area contributed by atoms with Crippen molar-refractivity contribution in [3.05, 3.63) is 71.0 Å². The highest BCUT2D eigenvalue weighted by Gasteiger charge is 2.20. The zero-order chi connectivity index (χ0) is 15.9. The van der Waals surface area contributed by atoms with Crippen molar-refractivity contribution >= 4 is 23.0 Å². The van der Waals surface area contributed by atoms with Gasteiger partial charge < -0.3 is 15.2 Å². The molecule has 3 aromatic rings. The fourth-order valence-corrected chi connectivity index (χ4v) is 2.57. The first-order valence-electron chi connectivity index (χ1n) is 6.74. The van der Waals surface area contributed by atoms with Gasteiger partial charge in [-0.05, 0) is 31.2 Å². The number of rotatable bonds is 3. The van der Waals surface area contributed by atoms with E-state index in [4.69, 9.17) is 10.8 Å². The van der Waals surface area contributed by atoms with Crippen molar-refractivity contribution in [3.63, 3.8) is 0 Å². The summed E-state index contributed by atoms with van der Waals surface area (Å²) in [6, 6.07) is 11.5. The van der Waals surface area contributed by atoms with Gasteiger partial charge in [0.05, 0.1) is 22.5 Å². The van der Waals surface area contributed by atoms with Crippen LogP contribution < -0.4 is 5.73 Å². The van der Waals surface area contributed by atoms with Crippen LogP contribution in [0.1, 0.15) is 32.0 Å². The molecule has 0 aliphatic rings. The molecule has 5 heteroatoms. The summed E-state index contributed by atoms with van der Waals surface area (Å²) in [7, 11) is 0. The number of ketones is 1. The topological polar surface area (TPSA) is 84.8 Å². The molecule has 0 aliphatic carbocycles. The number of aromatic carboxylic acids is 1. The highest BCUT2D eigenvalue weighted by Crippen LogP contribution is 2.27. The molecule has 0 saturated carbocycles. The zero-order valence-corrected chi connectivity index (χ0v) is 11.9. The summed E-state index contributed by atoms with van der Waals surface area (Å²) in [5, 5.41) is 9.06. The molecule has 2 aromatic heterocycles. The Morgan fingerprint density at radius 3 is 2.55 bits per heavy atom. The molecule has 0 unspecified atom stereocenters. The first-order chi connectivity index (χ1) is 10.5. The Hall–Kier alpha value is -3.08. The van der Waals surface area contributed by atoms with Gasteiger partial charge in [-0.3, -0.25) is 4.79 Å². The van der Waals surface area contributed by atoms with E-state index in [1.54, 1.807) is 29.7 Å². The number of aromatic nitrogens is 1. The minimum Gasteiger partial charge on any atom is -0.478 e. The normalized spacial score (nSPS) is 10.8. The first-order valence-corrected chi connectivity index (χ1v) is 6.74. The van der Waals surface area contributed by atoms with Gasteiger partial charge >= 0.3 is 5.97 Å². The highest BCUT2D eigenvalue weighted by atomic mass is 16.4. The number of nitrogens with two attached hydrogens (primary N) is 1. The van der Waals surface area contributed by atoms with E-state index in [2.05, 4.69) is 0 Å². The zero-order valence-electron chi connectivity index (χ0n) is 11.9. The minimum atomic E-state index is -1.06. The summed E-state index contributed by atoms with van der Waals surface area (Å²) in [6.45, 7) is 1.79.